The largest absolute Gasteiger partial charge is 0.381 e. The SMILES string of the molecule is COC1CCN(C(CN)c2ccc(Br)cc2)CC1. The van der Waals surface area contributed by atoms with E-state index in [2.05, 4.69) is 45.1 Å². The third-order valence-electron chi connectivity index (χ3n) is 3.73. The molecule has 2 N–H and O–H groups in total. The number of methoxy groups -OCH3 is 1. The molecular formula is C14H21BrN2O. The van der Waals surface area contributed by atoms with Gasteiger partial charge in [-0.25, -0.2) is 0 Å². The smallest absolute Gasteiger partial charge is 0.0595 e. The molecule has 1 aromatic rings. The van der Waals surface area contributed by atoms with Crippen LogP contribution in [0.15, 0.2) is 28.7 Å². The molecule has 0 aliphatic carbocycles. The fraction of sp³-hybridized carbons (Fsp3) is 0.571. The number of benzene rings is 1. The van der Waals surface area contributed by atoms with Crippen LogP contribution in [0.1, 0.15) is 24.4 Å². The van der Waals surface area contributed by atoms with Crippen molar-refractivity contribution in [1.29, 1.82) is 0 Å². The predicted molar refractivity (Wildman–Crippen MR) is 77.5 cm³/mol. The van der Waals surface area contributed by atoms with Gasteiger partial charge in [0.15, 0.2) is 0 Å². The molecule has 0 spiro atoms. The molecule has 2 rings (SSSR count). The second-order valence-corrected chi connectivity index (χ2v) is 5.69. The Kier molecular flexibility index (Phi) is 5.18. The molecule has 3 nitrogen and oxygen atoms in total. The van der Waals surface area contributed by atoms with Crippen LogP contribution in [0.25, 0.3) is 0 Å². The fourth-order valence-electron chi connectivity index (χ4n) is 2.60. The Labute approximate surface area is 117 Å². The molecule has 18 heavy (non-hydrogen) atoms. The summed E-state index contributed by atoms with van der Waals surface area (Å²) in [5.74, 6) is 0. The summed E-state index contributed by atoms with van der Waals surface area (Å²) in [6, 6.07) is 8.81. The van der Waals surface area contributed by atoms with E-state index in [-0.39, 0.29) is 0 Å². The molecule has 0 bridgehead atoms. The molecule has 0 saturated carbocycles. The van der Waals surface area contributed by atoms with E-state index >= 15 is 0 Å². The molecule has 1 fully saturated rings. The number of hydrogen-bond acceptors (Lipinski definition) is 3. The highest BCUT2D eigenvalue weighted by atomic mass is 79.9. The highest BCUT2D eigenvalue weighted by Gasteiger charge is 2.25. The molecule has 4 heteroatoms. The lowest BCUT2D eigenvalue weighted by Gasteiger charge is -2.36. The van der Waals surface area contributed by atoms with Crippen LogP contribution in [0.4, 0.5) is 0 Å². The molecule has 1 atom stereocenters. The van der Waals surface area contributed by atoms with Gasteiger partial charge in [0.25, 0.3) is 0 Å². The maximum atomic E-state index is 5.96. The zero-order valence-electron chi connectivity index (χ0n) is 10.8. The molecule has 0 radical (unpaired) electrons. The Bertz CT molecular complexity index is 361. The lowest BCUT2D eigenvalue weighted by molar-refractivity contribution is 0.0280. The van der Waals surface area contributed by atoms with Gasteiger partial charge in [-0.3, -0.25) is 4.90 Å². The minimum absolute atomic E-state index is 0.330. The fourth-order valence-corrected chi connectivity index (χ4v) is 2.87. The predicted octanol–water partition coefficient (Wildman–Crippen LogP) is 2.56. The zero-order chi connectivity index (χ0) is 13.0. The zero-order valence-corrected chi connectivity index (χ0v) is 12.4. The Morgan fingerprint density at radius 1 is 1.33 bits per heavy atom. The van der Waals surface area contributed by atoms with Crippen molar-refractivity contribution in [1.82, 2.24) is 4.90 Å². The number of rotatable bonds is 4. The van der Waals surface area contributed by atoms with Gasteiger partial charge < -0.3 is 10.5 Å². The molecule has 1 saturated heterocycles. The second kappa shape index (κ2) is 6.66. The molecule has 1 unspecified atom stereocenters. The number of nitrogens with zero attached hydrogens (tertiary/aromatic N) is 1. The monoisotopic (exact) mass is 312 g/mol. The van der Waals surface area contributed by atoms with Crippen molar-refractivity contribution in [2.75, 3.05) is 26.7 Å². The molecular weight excluding hydrogens is 292 g/mol. The van der Waals surface area contributed by atoms with Crippen LogP contribution >= 0.6 is 15.9 Å². The lowest BCUT2D eigenvalue weighted by atomic mass is 10.0. The first kappa shape index (κ1) is 14.0. The van der Waals surface area contributed by atoms with Crippen LogP contribution in [0, 0.1) is 0 Å². The van der Waals surface area contributed by atoms with Crippen molar-refractivity contribution < 1.29 is 4.74 Å². The third-order valence-corrected chi connectivity index (χ3v) is 4.26. The van der Waals surface area contributed by atoms with E-state index in [1.807, 2.05) is 0 Å². The van der Waals surface area contributed by atoms with Gasteiger partial charge in [0.1, 0.15) is 0 Å². The summed E-state index contributed by atoms with van der Waals surface area (Å²) in [7, 11) is 1.80. The molecule has 1 aliphatic rings. The van der Waals surface area contributed by atoms with E-state index in [0.29, 0.717) is 18.7 Å². The minimum atomic E-state index is 0.330. The average molecular weight is 313 g/mol. The Balaban J connectivity index is 2.03. The van der Waals surface area contributed by atoms with Gasteiger partial charge in [-0.05, 0) is 30.5 Å². The third kappa shape index (κ3) is 3.32. The summed E-state index contributed by atoms with van der Waals surface area (Å²) >= 11 is 3.47. The maximum Gasteiger partial charge on any atom is 0.0595 e. The normalized spacial score (nSPS) is 19.9. The van der Waals surface area contributed by atoms with Gasteiger partial charge in [-0.1, -0.05) is 28.1 Å². The standard InChI is InChI=1S/C14H21BrN2O/c1-18-13-6-8-17(9-7-13)14(10-16)11-2-4-12(15)5-3-11/h2-5,13-14H,6-10,16H2,1H3. The quantitative estimate of drug-likeness (QED) is 0.928. The van der Waals surface area contributed by atoms with Crippen molar-refractivity contribution >= 4 is 15.9 Å². The Morgan fingerprint density at radius 3 is 2.44 bits per heavy atom. The summed E-state index contributed by atoms with van der Waals surface area (Å²) < 4.78 is 6.52. The molecule has 1 heterocycles. The van der Waals surface area contributed by atoms with Gasteiger partial charge >= 0.3 is 0 Å². The van der Waals surface area contributed by atoms with Crippen molar-refractivity contribution in [2.45, 2.75) is 25.0 Å². The highest BCUT2D eigenvalue weighted by molar-refractivity contribution is 9.10. The summed E-state index contributed by atoms with van der Waals surface area (Å²) in [5, 5.41) is 0. The summed E-state index contributed by atoms with van der Waals surface area (Å²) in [4.78, 5) is 2.47. The van der Waals surface area contributed by atoms with E-state index in [1.54, 1.807) is 7.11 Å². The van der Waals surface area contributed by atoms with Crippen molar-refractivity contribution in [2.24, 2.45) is 5.73 Å². The summed E-state index contributed by atoms with van der Waals surface area (Å²) in [6.45, 7) is 2.80. The first-order valence-electron chi connectivity index (χ1n) is 6.47. The first-order chi connectivity index (χ1) is 8.74. The lowest BCUT2D eigenvalue weighted by Crippen LogP contribution is -2.41. The highest BCUT2D eigenvalue weighted by Crippen LogP contribution is 2.25. The van der Waals surface area contributed by atoms with Gasteiger partial charge in [0.05, 0.1) is 6.10 Å². The molecule has 1 aromatic carbocycles. The maximum absolute atomic E-state index is 5.96. The van der Waals surface area contributed by atoms with Crippen LogP contribution < -0.4 is 5.73 Å². The first-order valence-corrected chi connectivity index (χ1v) is 7.26. The van der Waals surface area contributed by atoms with Gasteiger partial charge in [-0.15, -0.1) is 0 Å². The Morgan fingerprint density at radius 2 is 1.94 bits per heavy atom. The number of ether oxygens (including phenoxy) is 1. The average Bonchev–Trinajstić information content (AvgIpc) is 2.42. The van der Waals surface area contributed by atoms with Gasteiger partial charge in [0.2, 0.25) is 0 Å². The number of nitrogens with two attached hydrogens (primary N) is 1. The number of hydrogen-bond donors (Lipinski definition) is 1. The molecule has 0 amide bonds. The Hall–Kier alpha value is -0.420. The van der Waals surface area contributed by atoms with Crippen molar-refractivity contribution in [3.05, 3.63) is 34.3 Å². The van der Waals surface area contributed by atoms with Crippen LogP contribution in [-0.2, 0) is 4.74 Å². The number of halogens is 1. The van der Waals surface area contributed by atoms with E-state index in [1.165, 1.54) is 5.56 Å². The van der Waals surface area contributed by atoms with Crippen LogP contribution in [-0.4, -0.2) is 37.7 Å². The van der Waals surface area contributed by atoms with E-state index < -0.39 is 0 Å². The summed E-state index contributed by atoms with van der Waals surface area (Å²) in [5.41, 5.74) is 7.26. The number of likely N-dealkylation sites (tertiary alicyclic amines) is 1. The van der Waals surface area contributed by atoms with Crippen molar-refractivity contribution in [3.8, 4) is 0 Å². The van der Waals surface area contributed by atoms with E-state index in [9.17, 15) is 0 Å². The molecule has 0 aromatic heterocycles. The minimum Gasteiger partial charge on any atom is -0.381 e. The molecule has 100 valence electrons. The molecule has 1 aliphatic heterocycles. The summed E-state index contributed by atoms with van der Waals surface area (Å²) in [6.07, 6.45) is 2.62. The van der Waals surface area contributed by atoms with Gasteiger partial charge in [0, 0.05) is 37.3 Å². The topological polar surface area (TPSA) is 38.5 Å². The van der Waals surface area contributed by atoms with Crippen molar-refractivity contribution in [3.63, 3.8) is 0 Å². The van der Waals surface area contributed by atoms with Crippen LogP contribution in [0.3, 0.4) is 0 Å². The van der Waals surface area contributed by atoms with E-state index in [0.717, 1.165) is 30.4 Å². The van der Waals surface area contributed by atoms with Crippen LogP contribution in [0.2, 0.25) is 0 Å². The number of piperidine rings is 1. The van der Waals surface area contributed by atoms with E-state index in [4.69, 9.17) is 10.5 Å². The second-order valence-electron chi connectivity index (χ2n) is 4.77. The van der Waals surface area contributed by atoms with Crippen LogP contribution in [0.5, 0.6) is 0 Å². The van der Waals surface area contributed by atoms with Gasteiger partial charge in [-0.2, -0.15) is 0 Å².